The van der Waals surface area contributed by atoms with Gasteiger partial charge in [-0.2, -0.15) is 0 Å². The molecule has 24 heavy (non-hydrogen) atoms. The molecule has 3 rings (SSSR count). The lowest BCUT2D eigenvalue weighted by Crippen LogP contribution is -2.29. The third-order valence-corrected chi connectivity index (χ3v) is 3.55. The maximum Gasteiger partial charge on any atom is 0.239 e. The molecule has 1 amide bonds. The second kappa shape index (κ2) is 7.59. The van der Waals surface area contributed by atoms with Crippen LogP contribution in [0.2, 0.25) is 0 Å². The molecule has 6 nitrogen and oxygen atoms in total. The molecule has 0 fully saturated rings. The smallest absolute Gasteiger partial charge is 0.239 e. The molecule has 6 heteroatoms. The van der Waals surface area contributed by atoms with Crippen LogP contribution in [0.25, 0.3) is 0 Å². The average molecular weight is 328 g/mol. The van der Waals surface area contributed by atoms with Crippen LogP contribution in [-0.4, -0.2) is 25.9 Å². The Kier molecular flexibility index (Phi) is 5.05. The van der Waals surface area contributed by atoms with Crippen LogP contribution < -0.4 is 24.8 Å². The van der Waals surface area contributed by atoms with Gasteiger partial charge in [0.2, 0.25) is 12.7 Å². The van der Waals surface area contributed by atoms with Gasteiger partial charge in [0, 0.05) is 6.54 Å². The minimum atomic E-state index is -0.0982. The lowest BCUT2D eigenvalue weighted by atomic mass is 10.2. The summed E-state index contributed by atoms with van der Waals surface area (Å²) in [5.74, 6) is 2.09. The lowest BCUT2D eigenvalue weighted by molar-refractivity contribution is -0.119. The molecule has 2 aromatic carbocycles. The Morgan fingerprint density at radius 1 is 1.17 bits per heavy atom. The van der Waals surface area contributed by atoms with Gasteiger partial charge in [-0.3, -0.25) is 4.79 Å². The lowest BCUT2D eigenvalue weighted by Gasteiger charge is -2.12. The number of anilines is 1. The van der Waals surface area contributed by atoms with Crippen molar-refractivity contribution in [3.8, 4) is 17.2 Å². The number of hydrogen-bond donors (Lipinski definition) is 2. The molecule has 2 aromatic rings. The summed E-state index contributed by atoms with van der Waals surface area (Å²) in [5, 5.41) is 5.97. The van der Waals surface area contributed by atoms with Gasteiger partial charge in [0.1, 0.15) is 5.75 Å². The van der Waals surface area contributed by atoms with Crippen molar-refractivity contribution < 1.29 is 19.0 Å². The Labute approximate surface area is 140 Å². The Balaban J connectivity index is 1.49. The van der Waals surface area contributed by atoms with Crippen LogP contribution in [0.1, 0.15) is 12.5 Å². The zero-order chi connectivity index (χ0) is 16.8. The third kappa shape index (κ3) is 3.90. The number of benzene rings is 2. The van der Waals surface area contributed by atoms with Gasteiger partial charge in [0.25, 0.3) is 0 Å². The molecule has 0 saturated heterocycles. The van der Waals surface area contributed by atoms with E-state index in [0.29, 0.717) is 18.9 Å². The molecule has 1 aliphatic heterocycles. The molecule has 0 unspecified atom stereocenters. The van der Waals surface area contributed by atoms with E-state index in [2.05, 4.69) is 10.6 Å². The van der Waals surface area contributed by atoms with Gasteiger partial charge in [-0.1, -0.05) is 18.2 Å². The molecule has 0 atom stereocenters. The topological polar surface area (TPSA) is 68.8 Å². The molecule has 1 aliphatic rings. The molecule has 0 aliphatic carbocycles. The van der Waals surface area contributed by atoms with Crippen LogP contribution in [0.4, 0.5) is 5.69 Å². The summed E-state index contributed by atoms with van der Waals surface area (Å²) >= 11 is 0. The van der Waals surface area contributed by atoms with Crippen LogP contribution in [0, 0.1) is 0 Å². The monoisotopic (exact) mass is 328 g/mol. The second-order valence-electron chi connectivity index (χ2n) is 5.25. The third-order valence-electron chi connectivity index (χ3n) is 3.55. The van der Waals surface area contributed by atoms with Crippen molar-refractivity contribution in [2.75, 3.05) is 25.3 Å². The minimum Gasteiger partial charge on any atom is -0.492 e. The first kappa shape index (κ1) is 16.0. The van der Waals surface area contributed by atoms with Gasteiger partial charge in [0.15, 0.2) is 11.5 Å². The van der Waals surface area contributed by atoms with Crippen molar-refractivity contribution in [3.63, 3.8) is 0 Å². The van der Waals surface area contributed by atoms with E-state index in [-0.39, 0.29) is 19.2 Å². The van der Waals surface area contributed by atoms with Crippen molar-refractivity contribution in [2.45, 2.75) is 13.5 Å². The summed E-state index contributed by atoms with van der Waals surface area (Å²) in [7, 11) is 0. The highest BCUT2D eigenvalue weighted by Crippen LogP contribution is 2.32. The van der Waals surface area contributed by atoms with Gasteiger partial charge in [-0.25, -0.2) is 0 Å². The maximum absolute atomic E-state index is 12.0. The summed E-state index contributed by atoms with van der Waals surface area (Å²) in [6.45, 7) is 3.36. The number of nitrogens with one attached hydrogen (secondary N) is 2. The number of carbonyl (C=O) groups excluding carboxylic acids is 1. The number of para-hydroxylation sites is 2. The summed E-state index contributed by atoms with van der Waals surface area (Å²) in [4.78, 5) is 12.0. The van der Waals surface area contributed by atoms with Crippen LogP contribution in [0.3, 0.4) is 0 Å². The molecular formula is C18H20N2O4. The van der Waals surface area contributed by atoms with E-state index in [0.717, 1.165) is 22.7 Å². The first-order valence-corrected chi connectivity index (χ1v) is 7.87. The minimum absolute atomic E-state index is 0.0982. The van der Waals surface area contributed by atoms with Crippen molar-refractivity contribution in [1.29, 1.82) is 0 Å². The largest absolute Gasteiger partial charge is 0.492 e. The van der Waals surface area contributed by atoms with E-state index in [1.807, 2.05) is 49.4 Å². The fraction of sp³-hybridized carbons (Fsp3) is 0.278. The summed E-state index contributed by atoms with van der Waals surface area (Å²) in [6, 6.07) is 13.2. The molecule has 0 aromatic heterocycles. The first-order chi connectivity index (χ1) is 11.8. The zero-order valence-electron chi connectivity index (χ0n) is 13.5. The van der Waals surface area contributed by atoms with Crippen molar-refractivity contribution in [1.82, 2.24) is 5.32 Å². The van der Waals surface area contributed by atoms with E-state index in [1.165, 1.54) is 0 Å². The average Bonchev–Trinajstić information content (AvgIpc) is 3.07. The summed E-state index contributed by atoms with van der Waals surface area (Å²) < 4.78 is 16.1. The number of rotatable bonds is 7. The van der Waals surface area contributed by atoms with E-state index in [9.17, 15) is 4.79 Å². The molecule has 126 valence electrons. The Bertz CT molecular complexity index is 718. The molecular weight excluding hydrogens is 308 g/mol. The Morgan fingerprint density at radius 2 is 2.00 bits per heavy atom. The molecule has 2 N–H and O–H groups in total. The molecule has 0 bridgehead atoms. The highest BCUT2D eigenvalue weighted by molar-refractivity contribution is 5.81. The van der Waals surface area contributed by atoms with E-state index in [4.69, 9.17) is 14.2 Å². The number of carbonyl (C=O) groups is 1. The SMILES string of the molecule is CCOc1ccccc1NCC(=O)NCc1ccc2c(c1)OCO2. The maximum atomic E-state index is 12.0. The number of ether oxygens (including phenoxy) is 3. The van der Waals surface area contributed by atoms with Gasteiger partial charge < -0.3 is 24.8 Å². The highest BCUT2D eigenvalue weighted by atomic mass is 16.7. The van der Waals surface area contributed by atoms with Crippen LogP contribution in [-0.2, 0) is 11.3 Å². The predicted molar refractivity (Wildman–Crippen MR) is 90.5 cm³/mol. The van der Waals surface area contributed by atoms with Crippen molar-refractivity contribution in [3.05, 3.63) is 48.0 Å². The fourth-order valence-corrected chi connectivity index (χ4v) is 2.38. The van der Waals surface area contributed by atoms with E-state index >= 15 is 0 Å². The summed E-state index contributed by atoms with van der Waals surface area (Å²) in [6.07, 6.45) is 0. The van der Waals surface area contributed by atoms with Crippen LogP contribution >= 0.6 is 0 Å². The molecule has 0 spiro atoms. The predicted octanol–water partition coefficient (Wildman–Crippen LogP) is 2.54. The van der Waals surface area contributed by atoms with E-state index in [1.54, 1.807) is 0 Å². The number of hydrogen-bond acceptors (Lipinski definition) is 5. The van der Waals surface area contributed by atoms with Crippen LogP contribution in [0.15, 0.2) is 42.5 Å². The Hall–Kier alpha value is -2.89. The Morgan fingerprint density at radius 3 is 2.88 bits per heavy atom. The zero-order valence-corrected chi connectivity index (χ0v) is 13.5. The van der Waals surface area contributed by atoms with Gasteiger partial charge >= 0.3 is 0 Å². The van der Waals surface area contributed by atoms with Gasteiger partial charge in [0.05, 0.1) is 18.8 Å². The first-order valence-electron chi connectivity index (χ1n) is 7.87. The van der Waals surface area contributed by atoms with Gasteiger partial charge in [-0.15, -0.1) is 0 Å². The number of amides is 1. The summed E-state index contributed by atoms with van der Waals surface area (Å²) in [5.41, 5.74) is 1.76. The fourth-order valence-electron chi connectivity index (χ4n) is 2.38. The number of fused-ring (bicyclic) bond motifs is 1. The quantitative estimate of drug-likeness (QED) is 0.817. The van der Waals surface area contributed by atoms with Crippen molar-refractivity contribution in [2.24, 2.45) is 0 Å². The second-order valence-corrected chi connectivity index (χ2v) is 5.25. The van der Waals surface area contributed by atoms with Gasteiger partial charge in [-0.05, 0) is 36.8 Å². The molecule has 1 heterocycles. The van der Waals surface area contributed by atoms with E-state index < -0.39 is 0 Å². The highest BCUT2D eigenvalue weighted by Gasteiger charge is 2.13. The molecule has 0 radical (unpaired) electrons. The van der Waals surface area contributed by atoms with Crippen molar-refractivity contribution >= 4 is 11.6 Å². The van der Waals surface area contributed by atoms with Crippen LogP contribution in [0.5, 0.6) is 17.2 Å². The normalized spacial score (nSPS) is 11.9. The standard InChI is InChI=1S/C18H20N2O4/c1-2-22-15-6-4-3-5-14(15)19-11-18(21)20-10-13-7-8-16-17(9-13)24-12-23-16/h3-9,19H,2,10-12H2,1H3,(H,20,21). The molecule has 0 saturated carbocycles.